The maximum atomic E-state index is 10.7. The van der Waals surface area contributed by atoms with Crippen molar-refractivity contribution >= 4 is 0 Å². The van der Waals surface area contributed by atoms with Crippen LogP contribution in [0.1, 0.15) is 6.42 Å². The third-order valence-corrected chi connectivity index (χ3v) is 6.90. The van der Waals surface area contributed by atoms with E-state index in [0.29, 0.717) is 0 Å². The van der Waals surface area contributed by atoms with Crippen molar-refractivity contribution in [1.29, 1.82) is 0 Å². The predicted molar refractivity (Wildman–Crippen MR) is 110 cm³/mol. The predicted octanol–water partition coefficient (Wildman–Crippen LogP) is -6.75. The van der Waals surface area contributed by atoms with Gasteiger partial charge < -0.3 is 71.0 Å². The van der Waals surface area contributed by atoms with Gasteiger partial charge in [-0.1, -0.05) is 6.08 Å². The third kappa shape index (κ3) is 5.30. The van der Waals surface area contributed by atoms with Gasteiger partial charge in [-0.25, -0.2) is 0 Å². The molecule has 3 aliphatic rings. The van der Waals surface area contributed by atoms with E-state index in [-0.39, 0.29) is 12.0 Å². The summed E-state index contributed by atoms with van der Waals surface area (Å²) in [5.41, 5.74) is 0.0590. The standard InChI is InChI=1S/C20H35NO13/c22-3-6-1-8(12(26)15(29)11(6)25)21-9-2-7(4-23)19(17(31)13(9)27)34-20-18(32)16(30)14(28)10(5-24)33-20/h1,7-32H,2-5H2/t7?,8-,9-,10+,11?,12+,13-,14?,15-,16-,17?,18?,19+,20?/m0/s1. The Morgan fingerprint density at radius 2 is 1.47 bits per heavy atom. The fraction of sp³-hybridized carbons (Fsp3) is 0.900. The summed E-state index contributed by atoms with van der Waals surface area (Å²) < 4.78 is 10.9. The van der Waals surface area contributed by atoms with Crippen molar-refractivity contribution in [3.05, 3.63) is 11.6 Å². The van der Waals surface area contributed by atoms with Crippen molar-refractivity contribution in [2.75, 3.05) is 19.8 Å². The second kappa shape index (κ2) is 11.5. The van der Waals surface area contributed by atoms with Crippen molar-refractivity contribution in [2.24, 2.45) is 5.92 Å². The van der Waals surface area contributed by atoms with Crippen molar-refractivity contribution in [1.82, 2.24) is 5.32 Å². The average Bonchev–Trinajstić information content (AvgIpc) is 2.83. The molecule has 2 fully saturated rings. The Morgan fingerprint density at radius 3 is 2.06 bits per heavy atom. The SMILES string of the molecule is OCC1=C[C@H](N[C@H]2CC(CO)[C@@H](OC3O[C@H](CO)C(O)[C@H](O)C3O)C(O)[C@H]2O)[C@@H](O)[C@@H](O)C1O. The first-order chi connectivity index (χ1) is 16.0. The maximum absolute atomic E-state index is 10.7. The summed E-state index contributed by atoms with van der Waals surface area (Å²) in [6.07, 6.45) is -15.7. The van der Waals surface area contributed by atoms with Gasteiger partial charge >= 0.3 is 0 Å². The van der Waals surface area contributed by atoms with E-state index in [0.717, 1.165) is 0 Å². The smallest absolute Gasteiger partial charge is 0.187 e. The minimum Gasteiger partial charge on any atom is -0.396 e. The number of hydrogen-bond acceptors (Lipinski definition) is 14. The number of rotatable bonds is 7. The molecule has 1 heterocycles. The molecule has 1 saturated heterocycles. The minimum absolute atomic E-state index is 0.0129. The average molecular weight is 497 g/mol. The van der Waals surface area contributed by atoms with E-state index < -0.39 is 105 Å². The largest absolute Gasteiger partial charge is 0.396 e. The van der Waals surface area contributed by atoms with Crippen LogP contribution in [0.2, 0.25) is 0 Å². The molecule has 2 aliphatic carbocycles. The molecule has 0 aromatic carbocycles. The Balaban J connectivity index is 1.73. The van der Waals surface area contributed by atoms with Crippen LogP contribution in [0.3, 0.4) is 0 Å². The van der Waals surface area contributed by atoms with Gasteiger partial charge in [0.05, 0.1) is 31.5 Å². The second-order valence-corrected chi connectivity index (χ2v) is 9.08. The molecule has 14 heteroatoms. The van der Waals surface area contributed by atoms with Gasteiger partial charge in [-0.2, -0.15) is 0 Å². The number of aliphatic hydroxyl groups is 11. The molecule has 6 unspecified atom stereocenters. The molecule has 0 spiro atoms. The third-order valence-electron chi connectivity index (χ3n) is 6.90. The van der Waals surface area contributed by atoms with Gasteiger partial charge in [-0.3, -0.25) is 0 Å². The molecule has 34 heavy (non-hydrogen) atoms. The molecule has 1 saturated carbocycles. The first kappa shape index (κ1) is 27.8. The summed E-state index contributed by atoms with van der Waals surface area (Å²) >= 11 is 0. The van der Waals surface area contributed by atoms with Crippen molar-refractivity contribution in [3.63, 3.8) is 0 Å². The fourth-order valence-electron chi connectivity index (χ4n) is 4.77. The zero-order chi connectivity index (χ0) is 25.3. The highest BCUT2D eigenvalue weighted by Gasteiger charge is 2.50. The molecule has 3 rings (SSSR count). The van der Waals surface area contributed by atoms with Gasteiger partial charge in [0.15, 0.2) is 6.29 Å². The van der Waals surface area contributed by atoms with Crippen LogP contribution in [-0.4, -0.2) is 155 Å². The van der Waals surface area contributed by atoms with Crippen LogP contribution < -0.4 is 5.32 Å². The highest BCUT2D eigenvalue weighted by Crippen LogP contribution is 2.33. The summed E-state index contributed by atoms with van der Waals surface area (Å²) in [7, 11) is 0. The van der Waals surface area contributed by atoms with E-state index in [9.17, 15) is 56.2 Å². The van der Waals surface area contributed by atoms with Gasteiger partial charge in [0, 0.05) is 18.6 Å². The maximum Gasteiger partial charge on any atom is 0.187 e. The van der Waals surface area contributed by atoms with Crippen molar-refractivity contribution in [3.8, 4) is 0 Å². The van der Waals surface area contributed by atoms with Gasteiger partial charge in [-0.15, -0.1) is 0 Å². The highest BCUT2D eigenvalue weighted by molar-refractivity contribution is 5.22. The quantitative estimate of drug-likeness (QED) is 0.146. The minimum atomic E-state index is -1.75. The lowest BCUT2D eigenvalue weighted by Crippen LogP contribution is -2.66. The summed E-state index contributed by atoms with van der Waals surface area (Å²) in [6, 6.07) is -1.94. The Labute approximate surface area is 194 Å². The molecular formula is C20H35NO13. The second-order valence-electron chi connectivity index (χ2n) is 9.08. The van der Waals surface area contributed by atoms with Crippen LogP contribution in [0.15, 0.2) is 11.6 Å². The topological polar surface area (TPSA) is 253 Å². The van der Waals surface area contributed by atoms with Gasteiger partial charge in [0.2, 0.25) is 0 Å². The number of ether oxygens (including phenoxy) is 2. The molecular weight excluding hydrogens is 462 g/mol. The highest BCUT2D eigenvalue weighted by atomic mass is 16.7. The first-order valence-electron chi connectivity index (χ1n) is 11.1. The summed E-state index contributed by atoms with van der Waals surface area (Å²) in [4.78, 5) is 0. The van der Waals surface area contributed by atoms with Crippen LogP contribution in [0.4, 0.5) is 0 Å². The monoisotopic (exact) mass is 497 g/mol. The van der Waals surface area contributed by atoms with Crippen molar-refractivity contribution in [2.45, 2.75) is 85.8 Å². The summed E-state index contributed by atoms with van der Waals surface area (Å²) in [6.45, 7) is -1.80. The van der Waals surface area contributed by atoms with Crippen LogP contribution in [-0.2, 0) is 9.47 Å². The van der Waals surface area contributed by atoms with E-state index in [1.165, 1.54) is 6.08 Å². The number of aliphatic hydroxyl groups excluding tert-OH is 11. The molecule has 0 aromatic rings. The number of nitrogens with one attached hydrogen (secondary N) is 1. The van der Waals surface area contributed by atoms with E-state index in [1.54, 1.807) is 0 Å². The zero-order valence-electron chi connectivity index (χ0n) is 18.2. The Hall–Kier alpha value is -0.820. The first-order valence-corrected chi connectivity index (χ1v) is 11.1. The Morgan fingerprint density at radius 1 is 0.794 bits per heavy atom. The molecule has 0 amide bonds. The van der Waals surface area contributed by atoms with Gasteiger partial charge in [-0.05, 0) is 12.0 Å². The molecule has 0 aromatic heterocycles. The van der Waals surface area contributed by atoms with Crippen LogP contribution in [0, 0.1) is 5.92 Å². The Kier molecular flexibility index (Phi) is 9.38. The van der Waals surface area contributed by atoms with Gasteiger partial charge in [0.1, 0.15) is 48.8 Å². The number of hydrogen-bond donors (Lipinski definition) is 12. The Bertz CT molecular complexity index is 693. The van der Waals surface area contributed by atoms with Crippen LogP contribution in [0.5, 0.6) is 0 Å². The lowest BCUT2D eigenvalue weighted by atomic mass is 9.78. The van der Waals surface area contributed by atoms with E-state index in [4.69, 9.17) is 9.47 Å². The van der Waals surface area contributed by atoms with Crippen LogP contribution >= 0.6 is 0 Å². The normalized spacial score (nSPS) is 50.1. The molecule has 14 atom stereocenters. The molecule has 1 aliphatic heterocycles. The molecule has 0 radical (unpaired) electrons. The van der Waals surface area contributed by atoms with E-state index in [1.807, 2.05) is 0 Å². The summed E-state index contributed by atoms with van der Waals surface area (Å²) in [5, 5.41) is 113. The molecule has 12 N–H and O–H groups in total. The fourth-order valence-corrected chi connectivity index (χ4v) is 4.77. The van der Waals surface area contributed by atoms with E-state index >= 15 is 0 Å². The van der Waals surface area contributed by atoms with Crippen LogP contribution in [0.25, 0.3) is 0 Å². The lowest BCUT2D eigenvalue weighted by molar-refractivity contribution is -0.328. The molecule has 198 valence electrons. The molecule has 14 nitrogen and oxygen atoms in total. The van der Waals surface area contributed by atoms with E-state index in [2.05, 4.69) is 5.32 Å². The lowest BCUT2D eigenvalue weighted by Gasteiger charge is -2.47. The summed E-state index contributed by atoms with van der Waals surface area (Å²) in [5.74, 6) is -0.833. The van der Waals surface area contributed by atoms with Crippen molar-refractivity contribution < 1.29 is 65.6 Å². The zero-order valence-corrected chi connectivity index (χ0v) is 18.2. The molecule has 0 bridgehead atoms. The van der Waals surface area contributed by atoms with Gasteiger partial charge in [0.25, 0.3) is 0 Å².